The highest BCUT2D eigenvalue weighted by molar-refractivity contribution is 5.90. The normalized spacial score (nSPS) is 11.4. The summed E-state index contributed by atoms with van der Waals surface area (Å²) >= 11 is 0. The maximum atomic E-state index is 12.3. The average molecular weight is 228 g/mol. The lowest BCUT2D eigenvalue weighted by Crippen LogP contribution is -2.30. The molecule has 2 heteroatoms. The molecule has 0 fully saturated rings. The number of hydrogen-bond donors (Lipinski definition) is 0. The molecule has 1 aromatic heterocycles. The molecule has 17 heavy (non-hydrogen) atoms. The Morgan fingerprint density at radius 3 is 2.41 bits per heavy atom. The Bertz CT molecular complexity index is 481. The van der Waals surface area contributed by atoms with Crippen LogP contribution in [-0.4, -0.2) is 5.78 Å². The standard InChI is InChI=1S/C15H16O2/c1-15(2,12-7-4-3-5-8-12)14(16)11-13-9-6-10-17-13/h3-10H,11H2,1-2H3. The van der Waals surface area contributed by atoms with E-state index in [2.05, 4.69) is 0 Å². The first kappa shape index (κ1) is 11.6. The van der Waals surface area contributed by atoms with Crippen molar-refractivity contribution in [1.29, 1.82) is 0 Å². The molecular weight excluding hydrogens is 212 g/mol. The number of ketones is 1. The van der Waals surface area contributed by atoms with Crippen LogP contribution in [0.4, 0.5) is 0 Å². The SMILES string of the molecule is CC(C)(C(=O)Cc1ccco1)c1ccccc1. The lowest BCUT2D eigenvalue weighted by Gasteiger charge is -2.23. The molecule has 0 aliphatic carbocycles. The zero-order valence-electron chi connectivity index (χ0n) is 10.1. The summed E-state index contributed by atoms with van der Waals surface area (Å²) in [5.41, 5.74) is 0.560. The predicted octanol–water partition coefficient (Wildman–Crippen LogP) is 3.37. The van der Waals surface area contributed by atoms with Crippen LogP contribution < -0.4 is 0 Å². The van der Waals surface area contributed by atoms with E-state index in [0.717, 1.165) is 11.3 Å². The van der Waals surface area contributed by atoms with Gasteiger partial charge < -0.3 is 4.42 Å². The predicted molar refractivity (Wildman–Crippen MR) is 66.9 cm³/mol. The second-order valence-electron chi connectivity index (χ2n) is 4.67. The molecule has 0 bridgehead atoms. The molecule has 0 aliphatic rings. The fourth-order valence-corrected chi connectivity index (χ4v) is 1.81. The molecule has 1 heterocycles. The largest absolute Gasteiger partial charge is 0.469 e. The third kappa shape index (κ3) is 2.47. The van der Waals surface area contributed by atoms with E-state index in [1.165, 1.54) is 0 Å². The molecule has 2 nitrogen and oxygen atoms in total. The van der Waals surface area contributed by atoms with Crippen molar-refractivity contribution in [1.82, 2.24) is 0 Å². The Labute approximate surface area is 101 Å². The van der Waals surface area contributed by atoms with Gasteiger partial charge in [0.1, 0.15) is 11.5 Å². The number of rotatable bonds is 4. The minimum atomic E-state index is -0.478. The van der Waals surface area contributed by atoms with Gasteiger partial charge in [0.15, 0.2) is 0 Å². The molecule has 0 atom stereocenters. The van der Waals surface area contributed by atoms with Gasteiger partial charge in [-0.3, -0.25) is 4.79 Å². The monoisotopic (exact) mass is 228 g/mol. The lowest BCUT2D eigenvalue weighted by molar-refractivity contribution is -0.123. The van der Waals surface area contributed by atoms with Gasteiger partial charge in [0, 0.05) is 5.41 Å². The summed E-state index contributed by atoms with van der Waals surface area (Å²) in [6, 6.07) is 13.5. The molecule has 2 rings (SSSR count). The fourth-order valence-electron chi connectivity index (χ4n) is 1.81. The van der Waals surface area contributed by atoms with E-state index >= 15 is 0 Å². The molecule has 0 saturated carbocycles. The molecule has 0 N–H and O–H groups in total. The highest BCUT2D eigenvalue weighted by Gasteiger charge is 2.29. The van der Waals surface area contributed by atoms with Gasteiger partial charge in [-0.1, -0.05) is 30.3 Å². The Kier molecular flexibility index (Phi) is 3.14. The van der Waals surface area contributed by atoms with Gasteiger partial charge in [-0.15, -0.1) is 0 Å². The smallest absolute Gasteiger partial charge is 0.150 e. The van der Waals surface area contributed by atoms with Crippen molar-refractivity contribution in [2.75, 3.05) is 0 Å². The highest BCUT2D eigenvalue weighted by Crippen LogP contribution is 2.25. The van der Waals surface area contributed by atoms with Crippen LogP contribution in [-0.2, 0) is 16.6 Å². The molecule has 2 aromatic rings. The van der Waals surface area contributed by atoms with E-state index in [4.69, 9.17) is 4.42 Å². The van der Waals surface area contributed by atoms with Crippen molar-refractivity contribution in [3.63, 3.8) is 0 Å². The van der Waals surface area contributed by atoms with Crippen molar-refractivity contribution >= 4 is 5.78 Å². The van der Waals surface area contributed by atoms with Gasteiger partial charge in [0.25, 0.3) is 0 Å². The van der Waals surface area contributed by atoms with Crippen LogP contribution in [0.5, 0.6) is 0 Å². The van der Waals surface area contributed by atoms with Gasteiger partial charge in [0.2, 0.25) is 0 Å². The van der Waals surface area contributed by atoms with Crippen molar-refractivity contribution in [3.8, 4) is 0 Å². The molecule has 0 radical (unpaired) electrons. The Hall–Kier alpha value is -1.83. The number of benzene rings is 1. The Balaban J connectivity index is 2.18. The first-order valence-corrected chi connectivity index (χ1v) is 5.72. The van der Waals surface area contributed by atoms with Gasteiger partial charge in [-0.2, -0.15) is 0 Å². The third-order valence-corrected chi connectivity index (χ3v) is 3.11. The second kappa shape index (κ2) is 4.58. The van der Waals surface area contributed by atoms with Crippen molar-refractivity contribution in [2.45, 2.75) is 25.7 Å². The molecule has 0 unspecified atom stereocenters. The van der Waals surface area contributed by atoms with Crippen LogP contribution in [0.15, 0.2) is 53.1 Å². The Morgan fingerprint density at radius 2 is 1.82 bits per heavy atom. The summed E-state index contributed by atoms with van der Waals surface area (Å²) in [6.07, 6.45) is 1.94. The zero-order chi connectivity index (χ0) is 12.3. The van der Waals surface area contributed by atoms with E-state index in [-0.39, 0.29) is 5.78 Å². The van der Waals surface area contributed by atoms with Gasteiger partial charge in [0.05, 0.1) is 12.7 Å². The van der Waals surface area contributed by atoms with E-state index in [9.17, 15) is 4.79 Å². The van der Waals surface area contributed by atoms with Gasteiger partial charge >= 0.3 is 0 Å². The van der Waals surface area contributed by atoms with E-state index in [0.29, 0.717) is 6.42 Å². The van der Waals surface area contributed by atoms with Gasteiger partial charge in [-0.05, 0) is 31.5 Å². The number of furan rings is 1. The fraction of sp³-hybridized carbons (Fsp3) is 0.267. The average Bonchev–Trinajstić information content (AvgIpc) is 2.83. The first-order chi connectivity index (χ1) is 8.10. The van der Waals surface area contributed by atoms with Crippen LogP contribution in [0, 0.1) is 0 Å². The zero-order valence-corrected chi connectivity index (χ0v) is 10.1. The third-order valence-electron chi connectivity index (χ3n) is 3.11. The summed E-state index contributed by atoms with van der Waals surface area (Å²) in [5.74, 6) is 0.887. The summed E-state index contributed by atoms with van der Waals surface area (Å²) in [4.78, 5) is 12.3. The maximum absolute atomic E-state index is 12.3. The van der Waals surface area contributed by atoms with E-state index in [1.807, 2.05) is 50.2 Å². The molecule has 0 saturated heterocycles. The molecule has 88 valence electrons. The van der Waals surface area contributed by atoms with Crippen LogP contribution in [0.1, 0.15) is 25.2 Å². The quantitative estimate of drug-likeness (QED) is 0.803. The number of carbonyl (C=O) groups is 1. The maximum Gasteiger partial charge on any atom is 0.150 e. The van der Waals surface area contributed by atoms with E-state index in [1.54, 1.807) is 12.3 Å². The first-order valence-electron chi connectivity index (χ1n) is 5.72. The molecule has 1 aromatic carbocycles. The van der Waals surface area contributed by atoms with E-state index < -0.39 is 5.41 Å². The summed E-state index contributed by atoms with van der Waals surface area (Å²) in [6.45, 7) is 3.90. The molecular formula is C15H16O2. The number of carbonyl (C=O) groups excluding carboxylic acids is 1. The summed E-state index contributed by atoms with van der Waals surface area (Å²) in [7, 11) is 0. The molecule has 0 aliphatic heterocycles. The molecule has 0 amide bonds. The van der Waals surface area contributed by atoms with Crippen molar-refractivity contribution in [2.24, 2.45) is 0 Å². The summed E-state index contributed by atoms with van der Waals surface area (Å²) in [5, 5.41) is 0. The lowest BCUT2D eigenvalue weighted by atomic mass is 9.79. The van der Waals surface area contributed by atoms with Crippen LogP contribution in [0.3, 0.4) is 0 Å². The molecule has 0 spiro atoms. The van der Waals surface area contributed by atoms with Gasteiger partial charge in [-0.25, -0.2) is 0 Å². The minimum absolute atomic E-state index is 0.165. The topological polar surface area (TPSA) is 30.2 Å². The highest BCUT2D eigenvalue weighted by atomic mass is 16.3. The number of Topliss-reactive ketones (excluding diaryl/α,β-unsaturated/α-hetero) is 1. The van der Waals surface area contributed by atoms with Crippen LogP contribution >= 0.6 is 0 Å². The second-order valence-corrected chi connectivity index (χ2v) is 4.67. The number of hydrogen-bond acceptors (Lipinski definition) is 2. The minimum Gasteiger partial charge on any atom is -0.469 e. The Morgan fingerprint density at radius 1 is 1.12 bits per heavy atom. The van der Waals surface area contributed by atoms with Crippen LogP contribution in [0.2, 0.25) is 0 Å². The van der Waals surface area contributed by atoms with Crippen LogP contribution in [0.25, 0.3) is 0 Å². The van der Waals surface area contributed by atoms with Crippen molar-refractivity contribution < 1.29 is 9.21 Å². The van der Waals surface area contributed by atoms with Crippen molar-refractivity contribution in [3.05, 3.63) is 60.1 Å². The summed E-state index contributed by atoms with van der Waals surface area (Å²) < 4.78 is 5.21.